The molecule has 1 aliphatic rings. The van der Waals surface area contributed by atoms with E-state index in [1.54, 1.807) is 54.6 Å². The average Bonchev–Trinajstić information content (AvgIpc) is 2.93. The van der Waals surface area contributed by atoms with Gasteiger partial charge in [-0.15, -0.1) is 0 Å². The first kappa shape index (κ1) is 16.0. The minimum absolute atomic E-state index is 0.0370. The summed E-state index contributed by atoms with van der Waals surface area (Å²) in [6, 6.07) is 21.2. The van der Waals surface area contributed by atoms with Gasteiger partial charge in [-0.3, -0.25) is 14.4 Å². The second-order valence-electron chi connectivity index (χ2n) is 6.15. The largest absolute Gasteiger partial charge is 0.295 e. The Kier molecular flexibility index (Phi) is 3.73. The first-order valence-corrected chi connectivity index (χ1v) is 8.26. The first-order valence-electron chi connectivity index (χ1n) is 8.26. The number of benzene rings is 3. The highest BCUT2D eigenvalue weighted by atomic mass is 16.2. The van der Waals surface area contributed by atoms with E-state index >= 15 is 0 Å². The highest BCUT2D eigenvalue weighted by Gasteiger charge is 2.37. The zero-order valence-electron chi connectivity index (χ0n) is 14.1. The van der Waals surface area contributed by atoms with Gasteiger partial charge in [-0.2, -0.15) is 0 Å². The van der Waals surface area contributed by atoms with E-state index in [4.69, 9.17) is 0 Å². The number of hydrogen-bond donors (Lipinski definition) is 0. The number of carbonyl (C=O) groups excluding carboxylic acids is 3. The van der Waals surface area contributed by atoms with E-state index in [2.05, 4.69) is 0 Å². The molecular formula is C22H15NO3. The number of nitrogens with zero attached hydrogens (tertiary/aromatic N) is 1. The summed E-state index contributed by atoms with van der Waals surface area (Å²) in [4.78, 5) is 38.5. The lowest BCUT2D eigenvalue weighted by atomic mass is 9.99. The van der Waals surface area contributed by atoms with Crippen LogP contribution in [0.25, 0.3) is 11.1 Å². The van der Waals surface area contributed by atoms with Crippen molar-refractivity contribution in [3.8, 4) is 11.1 Å². The molecule has 0 spiro atoms. The normalized spacial score (nSPS) is 13.0. The predicted molar refractivity (Wildman–Crippen MR) is 99.5 cm³/mol. The van der Waals surface area contributed by atoms with Crippen molar-refractivity contribution in [2.24, 2.45) is 0 Å². The summed E-state index contributed by atoms with van der Waals surface area (Å²) in [7, 11) is 0. The summed E-state index contributed by atoms with van der Waals surface area (Å²) in [5.41, 5.74) is 3.42. The SMILES string of the molecule is CC(=O)c1cccc(-c2ccccc2N2C(=O)c3ccccc3C2=O)c1. The number of amides is 2. The Morgan fingerprint density at radius 1 is 0.731 bits per heavy atom. The Balaban J connectivity index is 1.86. The second-order valence-corrected chi connectivity index (χ2v) is 6.15. The molecule has 1 heterocycles. The molecule has 0 atom stereocenters. The number of rotatable bonds is 3. The molecule has 26 heavy (non-hydrogen) atoms. The Morgan fingerprint density at radius 3 is 1.92 bits per heavy atom. The zero-order valence-corrected chi connectivity index (χ0v) is 14.1. The van der Waals surface area contributed by atoms with Crippen LogP contribution in [0.1, 0.15) is 38.0 Å². The van der Waals surface area contributed by atoms with Crippen molar-refractivity contribution in [2.75, 3.05) is 4.90 Å². The fraction of sp³-hybridized carbons (Fsp3) is 0.0455. The third kappa shape index (κ3) is 2.43. The van der Waals surface area contributed by atoms with Crippen LogP contribution >= 0.6 is 0 Å². The van der Waals surface area contributed by atoms with Gasteiger partial charge >= 0.3 is 0 Å². The lowest BCUT2D eigenvalue weighted by Crippen LogP contribution is -2.29. The number of Topliss-reactive ketones (excluding diaryl/α,β-unsaturated/α-hetero) is 1. The van der Waals surface area contributed by atoms with Crippen LogP contribution in [0.3, 0.4) is 0 Å². The van der Waals surface area contributed by atoms with E-state index in [0.717, 1.165) is 11.1 Å². The van der Waals surface area contributed by atoms with E-state index in [0.29, 0.717) is 22.4 Å². The number of hydrogen-bond acceptors (Lipinski definition) is 3. The van der Waals surface area contributed by atoms with E-state index in [1.165, 1.54) is 11.8 Å². The highest BCUT2D eigenvalue weighted by Crippen LogP contribution is 2.36. The molecule has 2 amide bonds. The van der Waals surface area contributed by atoms with E-state index in [9.17, 15) is 14.4 Å². The summed E-state index contributed by atoms with van der Waals surface area (Å²) >= 11 is 0. The lowest BCUT2D eigenvalue weighted by Gasteiger charge is -2.18. The maximum absolute atomic E-state index is 12.8. The molecule has 126 valence electrons. The Labute approximate surface area is 150 Å². The van der Waals surface area contributed by atoms with Crippen molar-refractivity contribution in [3.05, 3.63) is 89.5 Å². The topological polar surface area (TPSA) is 54.5 Å². The summed E-state index contributed by atoms with van der Waals surface area (Å²) in [6.07, 6.45) is 0. The summed E-state index contributed by atoms with van der Waals surface area (Å²) < 4.78 is 0. The predicted octanol–water partition coefficient (Wildman–Crippen LogP) is 4.36. The van der Waals surface area contributed by atoms with Crippen molar-refractivity contribution < 1.29 is 14.4 Å². The first-order chi connectivity index (χ1) is 12.6. The standard InChI is InChI=1S/C22H15NO3/c1-14(24)15-7-6-8-16(13-15)17-9-4-5-12-20(17)23-21(25)18-10-2-3-11-19(18)22(23)26/h2-13H,1H3. The van der Waals surface area contributed by atoms with Crippen molar-refractivity contribution in [1.82, 2.24) is 0 Å². The Morgan fingerprint density at radius 2 is 1.31 bits per heavy atom. The van der Waals surface area contributed by atoms with Crippen LogP contribution in [0.4, 0.5) is 5.69 Å². The minimum Gasteiger partial charge on any atom is -0.295 e. The van der Waals surface area contributed by atoms with Crippen molar-refractivity contribution in [1.29, 1.82) is 0 Å². The van der Waals surface area contributed by atoms with Gasteiger partial charge in [0.1, 0.15) is 0 Å². The number of fused-ring (bicyclic) bond motifs is 1. The molecule has 0 aliphatic carbocycles. The lowest BCUT2D eigenvalue weighted by molar-refractivity contribution is 0.0924. The van der Waals surface area contributed by atoms with Crippen LogP contribution in [0.5, 0.6) is 0 Å². The van der Waals surface area contributed by atoms with Crippen LogP contribution in [-0.4, -0.2) is 17.6 Å². The molecule has 0 fully saturated rings. The monoisotopic (exact) mass is 341 g/mol. The molecule has 3 aromatic carbocycles. The molecule has 0 aromatic heterocycles. The van der Waals surface area contributed by atoms with Crippen molar-refractivity contribution >= 4 is 23.3 Å². The van der Waals surface area contributed by atoms with Crippen LogP contribution < -0.4 is 4.90 Å². The summed E-state index contributed by atoms with van der Waals surface area (Å²) in [6.45, 7) is 1.51. The van der Waals surface area contributed by atoms with Gasteiger partial charge in [0.05, 0.1) is 16.8 Å². The highest BCUT2D eigenvalue weighted by molar-refractivity contribution is 6.35. The fourth-order valence-corrected chi connectivity index (χ4v) is 3.23. The maximum Gasteiger partial charge on any atom is 0.266 e. The number of imide groups is 1. The molecule has 0 bridgehead atoms. The van der Waals surface area contributed by atoms with Gasteiger partial charge in [-0.1, -0.05) is 48.5 Å². The average molecular weight is 341 g/mol. The quantitative estimate of drug-likeness (QED) is 0.525. The molecule has 0 N–H and O–H groups in total. The second kappa shape index (κ2) is 6.08. The Bertz CT molecular complexity index is 1030. The van der Waals surface area contributed by atoms with Crippen LogP contribution in [0.2, 0.25) is 0 Å². The zero-order chi connectivity index (χ0) is 18.3. The molecular weight excluding hydrogens is 326 g/mol. The number of carbonyl (C=O) groups is 3. The van der Waals surface area contributed by atoms with Gasteiger partial charge in [0.2, 0.25) is 0 Å². The van der Waals surface area contributed by atoms with E-state index in [-0.39, 0.29) is 17.6 Å². The molecule has 4 rings (SSSR count). The van der Waals surface area contributed by atoms with Crippen LogP contribution in [0.15, 0.2) is 72.8 Å². The van der Waals surface area contributed by atoms with Gasteiger partial charge < -0.3 is 0 Å². The molecule has 4 nitrogen and oxygen atoms in total. The van der Waals surface area contributed by atoms with Gasteiger partial charge in [0.15, 0.2) is 5.78 Å². The summed E-state index contributed by atoms with van der Waals surface area (Å²) in [5.74, 6) is -0.702. The minimum atomic E-state index is -0.333. The van der Waals surface area contributed by atoms with E-state index < -0.39 is 0 Å². The third-order valence-corrected chi connectivity index (χ3v) is 4.52. The molecule has 4 heteroatoms. The van der Waals surface area contributed by atoms with Crippen molar-refractivity contribution in [2.45, 2.75) is 6.92 Å². The number of anilines is 1. The van der Waals surface area contributed by atoms with Gasteiger partial charge in [0.25, 0.3) is 11.8 Å². The fourth-order valence-electron chi connectivity index (χ4n) is 3.23. The molecule has 0 saturated carbocycles. The van der Waals surface area contributed by atoms with E-state index in [1.807, 2.05) is 18.2 Å². The van der Waals surface area contributed by atoms with Gasteiger partial charge in [-0.05, 0) is 36.8 Å². The summed E-state index contributed by atoms with van der Waals surface area (Å²) in [5, 5.41) is 0. The van der Waals surface area contributed by atoms with Crippen LogP contribution in [-0.2, 0) is 0 Å². The molecule has 0 saturated heterocycles. The van der Waals surface area contributed by atoms with Crippen LogP contribution in [0, 0.1) is 0 Å². The van der Waals surface area contributed by atoms with Gasteiger partial charge in [-0.25, -0.2) is 4.90 Å². The number of ketones is 1. The molecule has 1 aliphatic heterocycles. The Hall–Kier alpha value is -3.53. The smallest absolute Gasteiger partial charge is 0.266 e. The van der Waals surface area contributed by atoms with Gasteiger partial charge in [0, 0.05) is 11.1 Å². The van der Waals surface area contributed by atoms with Crippen molar-refractivity contribution in [3.63, 3.8) is 0 Å². The molecule has 0 radical (unpaired) electrons. The molecule has 3 aromatic rings. The number of para-hydroxylation sites is 1. The molecule has 0 unspecified atom stereocenters. The third-order valence-electron chi connectivity index (χ3n) is 4.52. The maximum atomic E-state index is 12.8.